The van der Waals surface area contributed by atoms with E-state index < -0.39 is 6.10 Å². The molecule has 2 aromatic heterocycles. The molecule has 1 amide bonds. The molecule has 5 rings (SSSR count). The Balaban J connectivity index is 1.27. The number of nitrogens with one attached hydrogen (secondary N) is 3. The Morgan fingerprint density at radius 2 is 1.92 bits per heavy atom. The van der Waals surface area contributed by atoms with Crippen molar-refractivity contribution in [2.45, 2.75) is 52.3 Å². The topological polar surface area (TPSA) is 132 Å². The van der Waals surface area contributed by atoms with Gasteiger partial charge in [-0.25, -0.2) is 9.97 Å². The first-order valence-corrected chi connectivity index (χ1v) is 12.6. The number of aromatic nitrogens is 5. The van der Waals surface area contributed by atoms with Crippen LogP contribution < -0.4 is 10.6 Å². The van der Waals surface area contributed by atoms with Crippen LogP contribution in [0.1, 0.15) is 46.1 Å². The summed E-state index contributed by atoms with van der Waals surface area (Å²) in [7, 11) is 0. The van der Waals surface area contributed by atoms with Gasteiger partial charge in [-0.15, -0.1) is 0 Å². The summed E-state index contributed by atoms with van der Waals surface area (Å²) < 4.78 is 0. The second kappa shape index (κ2) is 10.6. The van der Waals surface area contributed by atoms with Crippen LogP contribution in [-0.4, -0.2) is 66.5 Å². The van der Waals surface area contributed by atoms with Crippen molar-refractivity contribution in [2.24, 2.45) is 0 Å². The van der Waals surface area contributed by atoms with Gasteiger partial charge < -0.3 is 20.6 Å². The van der Waals surface area contributed by atoms with Crippen molar-refractivity contribution in [1.29, 1.82) is 0 Å². The fraction of sp³-hybridized carbons (Fsp3) is 0.370. The van der Waals surface area contributed by atoms with Crippen molar-refractivity contribution in [3.05, 3.63) is 70.5 Å². The number of aliphatic hydroxyl groups is 1. The summed E-state index contributed by atoms with van der Waals surface area (Å²) in [5.41, 5.74) is 7.12. The van der Waals surface area contributed by atoms with Gasteiger partial charge >= 0.3 is 0 Å². The van der Waals surface area contributed by atoms with E-state index in [-0.39, 0.29) is 11.9 Å². The second-order valence-electron chi connectivity index (χ2n) is 9.64. The normalized spacial score (nSPS) is 17.8. The number of anilines is 2. The average Bonchev–Trinajstić information content (AvgIpc) is 3.35. The number of hydrogen-bond acceptors (Lipinski definition) is 8. The SMILES string of the molecule is CCc1cnc(Nc2cc(C)cc(C)c2)nc1CNC1CN(C(=O)c2ccc3n[nH]nc3c2)CCC1O. The minimum Gasteiger partial charge on any atom is -0.391 e. The van der Waals surface area contributed by atoms with E-state index in [2.05, 4.69) is 70.0 Å². The van der Waals surface area contributed by atoms with Gasteiger partial charge in [-0.05, 0) is 73.7 Å². The van der Waals surface area contributed by atoms with E-state index in [9.17, 15) is 9.90 Å². The van der Waals surface area contributed by atoms with Crippen molar-refractivity contribution >= 4 is 28.6 Å². The Labute approximate surface area is 215 Å². The molecule has 37 heavy (non-hydrogen) atoms. The van der Waals surface area contributed by atoms with Crippen LogP contribution in [0.3, 0.4) is 0 Å². The maximum absolute atomic E-state index is 13.2. The Bertz CT molecular complexity index is 1400. The smallest absolute Gasteiger partial charge is 0.253 e. The molecule has 2 unspecified atom stereocenters. The fourth-order valence-electron chi connectivity index (χ4n) is 4.84. The van der Waals surface area contributed by atoms with Gasteiger partial charge in [-0.1, -0.05) is 13.0 Å². The van der Waals surface area contributed by atoms with Crippen molar-refractivity contribution in [3.8, 4) is 0 Å². The van der Waals surface area contributed by atoms with Crippen LogP contribution in [0.4, 0.5) is 11.6 Å². The molecule has 3 heterocycles. The third-order valence-electron chi connectivity index (χ3n) is 6.77. The molecule has 0 aliphatic carbocycles. The van der Waals surface area contributed by atoms with E-state index in [0.29, 0.717) is 48.6 Å². The highest BCUT2D eigenvalue weighted by Crippen LogP contribution is 2.20. The number of aromatic amines is 1. The Hall–Kier alpha value is -3.89. The van der Waals surface area contributed by atoms with Crippen molar-refractivity contribution in [2.75, 3.05) is 18.4 Å². The molecule has 0 bridgehead atoms. The number of likely N-dealkylation sites (tertiary alicyclic amines) is 1. The zero-order valence-corrected chi connectivity index (χ0v) is 21.3. The predicted octanol–water partition coefficient (Wildman–Crippen LogP) is 3.04. The minimum atomic E-state index is -0.554. The van der Waals surface area contributed by atoms with Crippen LogP contribution in [0, 0.1) is 13.8 Å². The number of amides is 1. The summed E-state index contributed by atoms with van der Waals surface area (Å²) in [5.74, 6) is 0.447. The third-order valence-corrected chi connectivity index (χ3v) is 6.77. The lowest BCUT2D eigenvalue weighted by Gasteiger charge is -2.36. The highest BCUT2D eigenvalue weighted by molar-refractivity contribution is 5.97. The van der Waals surface area contributed by atoms with Crippen LogP contribution in [0.2, 0.25) is 0 Å². The highest BCUT2D eigenvalue weighted by atomic mass is 16.3. The summed E-state index contributed by atoms with van der Waals surface area (Å²) in [6.45, 7) is 7.54. The summed E-state index contributed by atoms with van der Waals surface area (Å²) in [6.07, 6.45) is 2.59. The first-order valence-electron chi connectivity index (χ1n) is 12.6. The van der Waals surface area contributed by atoms with Crippen LogP contribution >= 0.6 is 0 Å². The van der Waals surface area contributed by atoms with E-state index in [1.807, 2.05) is 6.20 Å². The molecule has 0 saturated carbocycles. The number of fused-ring (bicyclic) bond motifs is 1. The quantitative estimate of drug-likeness (QED) is 0.304. The van der Waals surface area contributed by atoms with Crippen LogP contribution in [0.5, 0.6) is 0 Å². The zero-order chi connectivity index (χ0) is 25.9. The molecule has 1 aliphatic rings. The van der Waals surface area contributed by atoms with Crippen molar-refractivity contribution < 1.29 is 9.90 Å². The fourth-order valence-corrected chi connectivity index (χ4v) is 4.84. The average molecular weight is 501 g/mol. The molecular weight excluding hydrogens is 468 g/mol. The zero-order valence-electron chi connectivity index (χ0n) is 21.3. The Morgan fingerprint density at radius 3 is 2.70 bits per heavy atom. The number of carbonyl (C=O) groups is 1. The maximum Gasteiger partial charge on any atom is 0.253 e. The summed E-state index contributed by atoms with van der Waals surface area (Å²) in [5, 5.41) is 28.1. The number of aliphatic hydroxyl groups excluding tert-OH is 1. The summed E-state index contributed by atoms with van der Waals surface area (Å²) in [6, 6.07) is 11.3. The number of H-pyrrole nitrogens is 1. The van der Waals surface area contributed by atoms with Gasteiger partial charge in [-0.2, -0.15) is 15.4 Å². The maximum atomic E-state index is 13.2. The van der Waals surface area contributed by atoms with Gasteiger partial charge in [0.15, 0.2) is 0 Å². The molecular formula is C27H32N8O2. The predicted molar refractivity (Wildman–Crippen MR) is 142 cm³/mol. The van der Waals surface area contributed by atoms with Crippen molar-refractivity contribution in [1.82, 2.24) is 35.6 Å². The molecule has 0 radical (unpaired) electrons. The molecule has 10 heteroatoms. The van der Waals surface area contributed by atoms with Crippen molar-refractivity contribution in [3.63, 3.8) is 0 Å². The lowest BCUT2D eigenvalue weighted by molar-refractivity contribution is 0.0373. The van der Waals surface area contributed by atoms with Gasteiger partial charge in [0.1, 0.15) is 11.0 Å². The van der Waals surface area contributed by atoms with E-state index >= 15 is 0 Å². The van der Waals surface area contributed by atoms with Gasteiger partial charge in [0, 0.05) is 37.1 Å². The molecule has 2 atom stereocenters. The van der Waals surface area contributed by atoms with Gasteiger partial charge in [0.05, 0.1) is 17.8 Å². The van der Waals surface area contributed by atoms with E-state index in [4.69, 9.17) is 4.98 Å². The number of piperidine rings is 1. The standard InChI is InChI=1S/C27H32N8O2/c1-4-18-13-29-27(30-20-10-16(2)9-17(3)11-20)31-23(18)14-28-24-15-35(8-7-25(24)36)26(37)19-5-6-21-22(12-19)33-34-32-21/h5-6,9-13,24-25,28,36H,4,7-8,14-15H2,1-3H3,(H,29,30,31)(H,32,33,34). The number of aryl methyl sites for hydroxylation is 3. The first kappa shape index (κ1) is 24.8. The minimum absolute atomic E-state index is 0.0835. The third kappa shape index (κ3) is 5.60. The van der Waals surface area contributed by atoms with Crippen LogP contribution in [0.15, 0.2) is 42.6 Å². The molecule has 0 spiro atoms. The van der Waals surface area contributed by atoms with Gasteiger partial charge in [0.25, 0.3) is 5.91 Å². The summed E-state index contributed by atoms with van der Waals surface area (Å²) in [4.78, 5) is 24.2. The molecule has 4 N–H and O–H groups in total. The number of benzene rings is 2. The summed E-state index contributed by atoms with van der Waals surface area (Å²) >= 11 is 0. The molecule has 192 valence electrons. The Morgan fingerprint density at radius 1 is 1.14 bits per heavy atom. The second-order valence-corrected chi connectivity index (χ2v) is 9.64. The molecule has 10 nitrogen and oxygen atoms in total. The molecule has 4 aromatic rings. The van der Waals surface area contributed by atoms with Gasteiger partial charge in [0.2, 0.25) is 5.95 Å². The van der Waals surface area contributed by atoms with E-state index in [0.717, 1.165) is 23.4 Å². The first-order chi connectivity index (χ1) is 17.9. The van der Waals surface area contributed by atoms with Gasteiger partial charge in [-0.3, -0.25) is 4.79 Å². The molecule has 1 aliphatic heterocycles. The molecule has 2 aromatic carbocycles. The number of rotatable bonds is 7. The Kier molecular flexibility index (Phi) is 7.11. The largest absolute Gasteiger partial charge is 0.391 e. The van der Waals surface area contributed by atoms with E-state index in [1.54, 1.807) is 23.1 Å². The lowest BCUT2D eigenvalue weighted by atomic mass is 10.0. The molecule has 1 fully saturated rings. The monoisotopic (exact) mass is 500 g/mol. The number of nitrogens with zero attached hydrogens (tertiary/aromatic N) is 5. The van der Waals surface area contributed by atoms with Crippen LogP contribution in [0.25, 0.3) is 11.0 Å². The number of hydrogen-bond donors (Lipinski definition) is 4. The molecule has 1 saturated heterocycles. The highest BCUT2D eigenvalue weighted by Gasteiger charge is 2.31. The number of carbonyl (C=O) groups excluding carboxylic acids is 1. The van der Waals surface area contributed by atoms with Crippen LogP contribution in [-0.2, 0) is 13.0 Å². The lowest BCUT2D eigenvalue weighted by Crippen LogP contribution is -2.55. The van der Waals surface area contributed by atoms with E-state index in [1.165, 1.54) is 11.1 Å².